The van der Waals surface area contributed by atoms with Crippen LogP contribution in [-0.2, 0) is 0 Å². The van der Waals surface area contributed by atoms with Gasteiger partial charge < -0.3 is 11.1 Å². The van der Waals surface area contributed by atoms with Crippen molar-refractivity contribution < 1.29 is 9.18 Å². The van der Waals surface area contributed by atoms with E-state index in [2.05, 4.69) is 31.4 Å². The number of carbonyl (C=O) groups is 1. The standard InChI is InChI=1S/C11H8BrFN4OS/c12-7-3-1-2-5(8(7)13)11(18)16-10-6(9(14)19)4-15-17-10/h1-4H,(H2,14,19)(H2,15,16,17,18). The molecule has 0 radical (unpaired) electrons. The summed E-state index contributed by atoms with van der Waals surface area (Å²) in [6, 6.07) is 4.43. The average molecular weight is 343 g/mol. The van der Waals surface area contributed by atoms with E-state index in [0.717, 1.165) is 0 Å². The molecule has 0 unspecified atom stereocenters. The molecule has 0 atom stereocenters. The molecule has 2 rings (SSSR count). The highest BCUT2D eigenvalue weighted by Gasteiger charge is 2.16. The van der Waals surface area contributed by atoms with Crippen LogP contribution < -0.4 is 11.1 Å². The van der Waals surface area contributed by atoms with E-state index in [4.69, 9.17) is 18.0 Å². The van der Waals surface area contributed by atoms with Gasteiger partial charge in [-0.05, 0) is 28.1 Å². The fourth-order valence-electron chi connectivity index (χ4n) is 1.43. The monoisotopic (exact) mass is 342 g/mol. The Balaban J connectivity index is 2.29. The smallest absolute Gasteiger partial charge is 0.259 e. The minimum absolute atomic E-state index is 0.0822. The normalized spacial score (nSPS) is 10.2. The van der Waals surface area contributed by atoms with Crippen molar-refractivity contribution in [3.8, 4) is 0 Å². The first-order valence-corrected chi connectivity index (χ1v) is 6.29. The molecular weight excluding hydrogens is 335 g/mol. The largest absolute Gasteiger partial charge is 0.389 e. The Hall–Kier alpha value is -1.80. The SMILES string of the molecule is NC(=S)c1cn[nH]c1NC(=O)c1cccc(Br)c1F. The van der Waals surface area contributed by atoms with Gasteiger partial charge >= 0.3 is 0 Å². The van der Waals surface area contributed by atoms with Crippen molar-refractivity contribution in [2.45, 2.75) is 0 Å². The fraction of sp³-hybridized carbons (Fsp3) is 0. The van der Waals surface area contributed by atoms with Gasteiger partial charge in [0.05, 0.1) is 21.8 Å². The van der Waals surface area contributed by atoms with Crippen LogP contribution in [-0.4, -0.2) is 21.1 Å². The highest BCUT2D eigenvalue weighted by Crippen LogP contribution is 2.20. The summed E-state index contributed by atoms with van der Waals surface area (Å²) in [5.74, 6) is -1.03. The fourth-order valence-corrected chi connectivity index (χ4v) is 1.95. The third-order valence-electron chi connectivity index (χ3n) is 2.34. The maximum atomic E-state index is 13.8. The molecule has 5 nitrogen and oxygen atoms in total. The molecule has 0 aliphatic rings. The molecule has 8 heteroatoms. The number of benzene rings is 1. The molecule has 0 bridgehead atoms. The second kappa shape index (κ2) is 5.45. The van der Waals surface area contributed by atoms with Crippen LogP contribution in [0.4, 0.5) is 10.2 Å². The Morgan fingerprint density at radius 3 is 2.89 bits per heavy atom. The van der Waals surface area contributed by atoms with Crippen molar-refractivity contribution in [1.82, 2.24) is 10.2 Å². The Bertz CT molecular complexity index is 658. The van der Waals surface area contributed by atoms with Crippen LogP contribution in [0.25, 0.3) is 0 Å². The third kappa shape index (κ3) is 2.79. The average Bonchev–Trinajstić information content (AvgIpc) is 2.80. The Morgan fingerprint density at radius 1 is 1.47 bits per heavy atom. The summed E-state index contributed by atoms with van der Waals surface area (Å²) in [6.07, 6.45) is 1.38. The summed E-state index contributed by atoms with van der Waals surface area (Å²) in [6.45, 7) is 0. The molecule has 1 aromatic carbocycles. The lowest BCUT2D eigenvalue weighted by molar-refractivity contribution is 0.102. The first kappa shape index (κ1) is 13.6. The summed E-state index contributed by atoms with van der Waals surface area (Å²) < 4.78 is 14.0. The molecule has 19 heavy (non-hydrogen) atoms. The molecule has 0 saturated carbocycles. The highest BCUT2D eigenvalue weighted by molar-refractivity contribution is 9.10. The molecule has 2 aromatic rings. The van der Waals surface area contributed by atoms with E-state index in [0.29, 0.717) is 5.56 Å². The van der Waals surface area contributed by atoms with Gasteiger partial charge in [-0.3, -0.25) is 9.89 Å². The number of nitrogens with one attached hydrogen (secondary N) is 2. The number of aromatic nitrogens is 2. The van der Waals surface area contributed by atoms with E-state index in [9.17, 15) is 9.18 Å². The number of nitrogens with zero attached hydrogens (tertiary/aromatic N) is 1. The zero-order valence-corrected chi connectivity index (χ0v) is 11.8. The van der Waals surface area contributed by atoms with Crippen LogP contribution in [0, 0.1) is 5.82 Å². The van der Waals surface area contributed by atoms with Crippen LogP contribution in [0.15, 0.2) is 28.9 Å². The third-order valence-corrected chi connectivity index (χ3v) is 3.17. The van der Waals surface area contributed by atoms with Gasteiger partial charge in [-0.2, -0.15) is 5.10 Å². The minimum atomic E-state index is -0.642. The van der Waals surface area contributed by atoms with Crippen LogP contribution in [0.3, 0.4) is 0 Å². The number of rotatable bonds is 3. The molecule has 0 spiro atoms. The van der Waals surface area contributed by atoms with Crippen LogP contribution in [0.1, 0.15) is 15.9 Å². The molecule has 4 N–H and O–H groups in total. The van der Waals surface area contributed by atoms with Gasteiger partial charge in [-0.1, -0.05) is 18.3 Å². The maximum absolute atomic E-state index is 13.8. The van der Waals surface area contributed by atoms with Crippen molar-refractivity contribution in [3.05, 3.63) is 45.8 Å². The maximum Gasteiger partial charge on any atom is 0.259 e. The van der Waals surface area contributed by atoms with E-state index in [1.807, 2.05) is 0 Å². The Morgan fingerprint density at radius 2 is 2.21 bits per heavy atom. The van der Waals surface area contributed by atoms with Gasteiger partial charge in [0, 0.05) is 0 Å². The highest BCUT2D eigenvalue weighted by atomic mass is 79.9. The summed E-state index contributed by atoms with van der Waals surface area (Å²) in [4.78, 5) is 12.0. The van der Waals surface area contributed by atoms with Gasteiger partial charge in [0.25, 0.3) is 5.91 Å². The molecule has 1 aromatic heterocycles. The topological polar surface area (TPSA) is 83.8 Å². The molecule has 1 heterocycles. The number of carbonyl (C=O) groups excluding carboxylic acids is 1. The zero-order chi connectivity index (χ0) is 14.0. The molecule has 0 aliphatic heterocycles. The molecule has 98 valence electrons. The molecular formula is C11H8BrFN4OS. The summed E-state index contributed by atoms with van der Waals surface area (Å²) in [5.41, 5.74) is 5.75. The number of thiocarbonyl (C=S) groups is 1. The molecule has 1 amide bonds. The lowest BCUT2D eigenvalue weighted by atomic mass is 10.2. The number of aromatic amines is 1. The van der Waals surface area contributed by atoms with Crippen molar-refractivity contribution >= 4 is 44.9 Å². The number of hydrogen-bond donors (Lipinski definition) is 3. The van der Waals surface area contributed by atoms with E-state index in [1.54, 1.807) is 6.07 Å². The quantitative estimate of drug-likeness (QED) is 0.746. The summed E-state index contributed by atoms with van der Waals surface area (Å²) >= 11 is 7.82. The van der Waals surface area contributed by atoms with E-state index >= 15 is 0 Å². The van der Waals surface area contributed by atoms with Gasteiger partial charge in [0.1, 0.15) is 16.6 Å². The van der Waals surface area contributed by atoms with E-state index < -0.39 is 11.7 Å². The second-order valence-electron chi connectivity index (χ2n) is 3.58. The number of anilines is 1. The first-order chi connectivity index (χ1) is 9.00. The number of H-pyrrole nitrogens is 1. The van der Waals surface area contributed by atoms with Gasteiger partial charge in [-0.25, -0.2) is 4.39 Å². The predicted octanol–water partition coefficient (Wildman–Crippen LogP) is 2.20. The molecule has 0 fully saturated rings. The van der Waals surface area contributed by atoms with Crippen molar-refractivity contribution in [2.24, 2.45) is 5.73 Å². The predicted molar refractivity (Wildman–Crippen MR) is 76.5 cm³/mol. The Labute approximate surface area is 121 Å². The van der Waals surface area contributed by atoms with E-state index in [1.165, 1.54) is 18.3 Å². The zero-order valence-electron chi connectivity index (χ0n) is 9.41. The van der Waals surface area contributed by atoms with Crippen LogP contribution in [0.2, 0.25) is 0 Å². The summed E-state index contributed by atoms with van der Waals surface area (Å²) in [7, 11) is 0. The van der Waals surface area contributed by atoms with Gasteiger partial charge in [0.2, 0.25) is 0 Å². The van der Waals surface area contributed by atoms with E-state index in [-0.39, 0.29) is 20.8 Å². The van der Waals surface area contributed by atoms with Crippen molar-refractivity contribution in [3.63, 3.8) is 0 Å². The van der Waals surface area contributed by atoms with Gasteiger partial charge in [0.15, 0.2) is 0 Å². The van der Waals surface area contributed by atoms with Crippen molar-refractivity contribution in [1.29, 1.82) is 0 Å². The lowest BCUT2D eigenvalue weighted by Crippen LogP contribution is -2.18. The number of amides is 1. The van der Waals surface area contributed by atoms with Crippen LogP contribution >= 0.6 is 28.1 Å². The summed E-state index contributed by atoms with van der Waals surface area (Å²) in [5, 5.41) is 8.73. The van der Waals surface area contributed by atoms with Crippen LogP contribution in [0.5, 0.6) is 0 Å². The molecule has 0 saturated heterocycles. The number of halogens is 2. The lowest BCUT2D eigenvalue weighted by Gasteiger charge is -2.06. The first-order valence-electron chi connectivity index (χ1n) is 5.09. The second-order valence-corrected chi connectivity index (χ2v) is 4.87. The minimum Gasteiger partial charge on any atom is -0.389 e. The van der Waals surface area contributed by atoms with Gasteiger partial charge in [-0.15, -0.1) is 0 Å². The Kier molecular flexibility index (Phi) is 3.91. The number of nitrogens with two attached hydrogens (primary N) is 1. The van der Waals surface area contributed by atoms with Crippen molar-refractivity contribution in [2.75, 3.05) is 5.32 Å². The molecule has 0 aliphatic carbocycles. The number of hydrogen-bond acceptors (Lipinski definition) is 3.